The predicted molar refractivity (Wildman–Crippen MR) is 127 cm³/mol. The molecule has 2 heterocycles. The van der Waals surface area contributed by atoms with Gasteiger partial charge in [0.1, 0.15) is 5.82 Å². The SMILES string of the molecule is CCNC(=NCC1(N2CCOCC2)CCSC1)NCCc1ccccc1F.I. The van der Waals surface area contributed by atoms with Gasteiger partial charge >= 0.3 is 0 Å². The molecule has 5 nitrogen and oxygen atoms in total. The molecule has 0 saturated carbocycles. The number of nitrogens with one attached hydrogen (secondary N) is 2. The predicted octanol–water partition coefficient (Wildman–Crippen LogP) is 2.75. The number of hydrogen-bond donors (Lipinski definition) is 2. The van der Waals surface area contributed by atoms with E-state index in [1.165, 1.54) is 18.2 Å². The van der Waals surface area contributed by atoms with Crippen LogP contribution in [0.3, 0.4) is 0 Å². The lowest BCUT2D eigenvalue weighted by Gasteiger charge is -2.42. The van der Waals surface area contributed by atoms with Crippen molar-refractivity contribution in [3.05, 3.63) is 35.6 Å². The highest BCUT2D eigenvalue weighted by Gasteiger charge is 2.40. The van der Waals surface area contributed by atoms with Crippen LogP contribution in [0.5, 0.6) is 0 Å². The van der Waals surface area contributed by atoms with Crippen molar-refractivity contribution in [2.75, 3.05) is 57.4 Å². The van der Waals surface area contributed by atoms with E-state index in [4.69, 9.17) is 9.73 Å². The minimum Gasteiger partial charge on any atom is -0.379 e. The van der Waals surface area contributed by atoms with E-state index in [9.17, 15) is 4.39 Å². The number of nitrogens with zero attached hydrogens (tertiary/aromatic N) is 2. The molecule has 0 aliphatic carbocycles. The van der Waals surface area contributed by atoms with E-state index < -0.39 is 0 Å². The third kappa shape index (κ3) is 6.47. The van der Waals surface area contributed by atoms with Crippen LogP contribution in [-0.4, -0.2) is 73.8 Å². The van der Waals surface area contributed by atoms with Gasteiger partial charge in [0.2, 0.25) is 0 Å². The van der Waals surface area contributed by atoms with Gasteiger partial charge in [0.05, 0.1) is 25.3 Å². The van der Waals surface area contributed by atoms with E-state index in [1.807, 2.05) is 23.9 Å². The smallest absolute Gasteiger partial charge is 0.191 e. The van der Waals surface area contributed by atoms with Gasteiger partial charge in [-0.3, -0.25) is 9.89 Å². The Balaban J connectivity index is 0.00000280. The van der Waals surface area contributed by atoms with Crippen LogP contribution in [0.15, 0.2) is 29.3 Å². The molecule has 2 saturated heterocycles. The summed E-state index contributed by atoms with van der Waals surface area (Å²) in [5.41, 5.74) is 0.875. The Morgan fingerprint density at radius 1 is 1.29 bits per heavy atom. The van der Waals surface area contributed by atoms with Crippen LogP contribution in [0.4, 0.5) is 4.39 Å². The molecule has 2 fully saturated rings. The molecule has 1 unspecified atom stereocenters. The van der Waals surface area contributed by atoms with Crippen molar-refractivity contribution in [3.8, 4) is 0 Å². The molecule has 2 aliphatic rings. The second-order valence-electron chi connectivity index (χ2n) is 7.09. The highest BCUT2D eigenvalue weighted by Crippen LogP contribution is 2.34. The van der Waals surface area contributed by atoms with E-state index in [0.717, 1.165) is 56.7 Å². The first kappa shape index (κ1) is 23.7. The number of aliphatic imine (C=N–C) groups is 1. The molecule has 1 aromatic carbocycles. The van der Waals surface area contributed by atoms with Crippen molar-refractivity contribution in [2.45, 2.75) is 25.3 Å². The van der Waals surface area contributed by atoms with E-state index in [1.54, 1.807) is 6.07 Å². The third-order valence-electron chi connectivity index (χ3n) is 5.28. The normalized spacial score (nSPS) is 23.3. The maximum Gasteiger partial charge on any atom is 0.191 e. The van der Waals surface area contributed by atoms with Gasteiger partial charge in [-0.1, -0.05) is 18.2 Å². The van der Waals surface area contributed by atoms with Crippen LogP contribution in [0.1, 0.15) is 18.9 Å². The van der Waals surface area contributed by atoms with Crippen LogP contribution in [0.25, 0.3) is 0 Å². The Morgan fingerprint density at radius 2 is 2.07 bits per heavy atom. The van der Waals surface area contributed by atoms with Gasteiger partial charge in [-0.15, -0.1) is 24.0 Å². The van der Waals surface area contributed by atoms with Gasteiger partial charge in [-0.2, -0.15) is 11.8 Å². The molecular weight excluding hydrogens is 490 g/mol. The molecule has 0 amide bonds. The lowest BCUT2D eigenvalue weighted by atomic mass is 9.96. The van der Waals surface area contributed by atoms with Gasteiger partial charge in [-0.25, -0.2) is 4.39 Å². The molecule has 0 spiro atoms. The average Bonchev–Trinajstić information content (AvgIpc) is 3.18. The summed E-state index contributed by atoms with van der Waals surface area (Å²) in [6.45, 7) is 7.94. The number of hydrogen-bond acceptors (Lipinski definition) is 4. The summed E-state index contributed by atoms with van der Waals surface area (Å²) in [7, 11) is 0. The molecule has 2 aliphatic heterocycles. The number of rotatable bonds is 7. The average molecular weight is 522 g/mol. The summed E-state index contributed by atoms with van der Waals surface area (Å²) < 4.78 is 19.3. The van der Waals surface area contributed by atoms with Crippen molar-refractivity contribution in [3.63, 3.8) is 0 Å². The molecular formula is C20H32FIN4OS. The van der Waals surface area contributed by atoms with E-state index in [-0.39, 0.29) is 35.3 Å². The number of benzene rings is 1. The first-order valence-electron chi connectivity index (χ1n) is 9.90. The second-order valence-corrected chi connectivity index (χ2v) is 8.19. The fourth-order valence-electron chi connectivity index (χ4n) is 3.69. The summed E-state index contributed by atoms with van der Waals surface area (Å²) in [6.07, 6.45) is 1.82. The quantitative estimate of drug-likeness (QED) is 0.328. The van der Waals surface area contributed by atoms with Crippen LogP contribution < -0.4 is 10.6 Å². The minimum absolute atomic E-state index is 0. The van der Waals surface area contributed by atoms with Crippen molar-refractivity contribution in [2.24, 2.45) is 4.99 Å². The molecule has 158 valence electrons. The molecule has 3 rings (SSSR count). The van der Waals surface area contributed by atoms with Gasteiger partial charge in [0.25, 0.3) is 0 Å². The Bertz CT molecular complexity index is 622. The Kier molecular flexibility index (Phi) is 10.3. The van der Waals surface area contributed by atoms with Gasteiger partial charge in [0.15, 0.2) is 5.96 Å². The van der Waals surface area contributed by atoms with Crippen LogP contribution in [0, 0.1) is 5.82 Å². The summed E-state index contributed by atoms with van der Waals surface area (Å²) in [4.78, 5) is 7.47. The number of thioether (sulfide) groups is 1. The van der Waals surface area contributed by atoms with Crippen molar-refractivity contribution < 1.29 is 9.13 Å². The lowest BCUT2D eigenvalue weighted by molar-refractivity contribution is -0.0104. The fraction of sp³-hybridized carbons (Fsp3) is 0.650. The summed E-state index contributed by atoms with van der Waals surface area (Å²) >= 11 is 2.02. The molecule has 0 aromatic heterocycles. The fourth-order valence-corrected chi connectivity index (χ4v) is 5.16. The maximum absolute atomic E-state index is 13.8. The topological polar surface area (TPSA) is 48.9 Å². The molecule has 28 heavy (non-hydrogen) atoms. The minimum atomic E-state index is -0.143. The number of ether oxygens (including phenoxy) is 1. The van der Waals surface area contributed by atoms with Crippen molar-refractivity contribution in [1.82, 2.24) is 15.5 Å². The number of guanidine groups is 1. The first-order valence-corrected chi connectivity index (χ1v) is 11.1. The molecule has 1 aromatic rings. The van der Waals surface area contributed by atoms with Crippen LogP contribution in [-0.2, 0) is 11.2 Å². The lowest BCUT2D eigenvalue weighted by Crippen LogP contribution is -2.56. The summed E-state index contributed by atoms with van der Waals surface area (Å²) in [6, 6.07) is 6.95. The van der Waals surface area contributed by atoms with E-state index in [2.05, 4.69) is 22.5 Å². The van der Waals surface area contributed by atoms with E-state index in [0.29, 0.717) is 13.0 Å². The molecule has 0 radical (unpaired) electrons. The van der Waals surface area contributed by atoms with Gasteiger partial charge in [0, 0.05) is 31.9 Å². The molecule has 1 atom stereocenters. The van der Waals surface area contributed by atoms with Crippen LogP contribution >= 0.6 is 35.7 Å². The van der Waals surface area contributed by atoms with Crippen molar-refractivity contribution in [1.29, 1.82) is 0 Å². The molecule has 2 N–H and O–H groups in total. The summed E-state index contributed by atoms with van der Waals surface area (Å²) in [5.74, 6) is 3.00. The zero-order valence-corrected chi connectivity index (χ0v) is 19.7. The Hall–Kier alpha value is -0.580. The number of halogens is 2. The maximum atomic E-state index is 13.8. The molecule has 0 bridgehead atoms. The van der Waals surface area contributed by atoms with Gasteiger partial charge in [-0.05, 0) is 37.1 Å². The monoisotopic (exact) mass is 522 g/mol. The van der Waals surface area contributed by atoms with Crippen molar-refractivity contribution >= 4 is 41.7 Å². The highest BCUT2D eigenvalue weighted by molar-refractivity contribution is 14.0. The number of morpholine rings is 1. The largest absolute Gasteiger partial charge is 0.379 e. The Morgan fingerprint density at radius 3 is 2.75 bits per heavy atom. The standard InChI is InChI=1S/C20H31FN4OS.HI/c1-2-22-19(23-9-7-17-5-3-4-6-18(17)21)24-15-20(8-14-27-16-20)25-10-12-26-13-11-25;/h3-6H,2,7-16H2,1H3,(H2,22,23,24);1H. The zero-order valence-electron chi connectivity index (χ0n) is 16.6. The second kappa shape index (κ2) is 12.2. The highest BCUT2D eigenvalue weighted by atomic mass is 127. The molecule has 8 heteroatoms. The zero-order chi connectivity index (χ0) is 19.0. The van der Waals surface area contributed by atoms with Crippen LogP contribution in [0.2, 0.25) is 0 Å². The Labute approximate surface area is 189 Å². The third-order valence-corrected chi connectivity index (χ3v) is 6.52. The first-order chi connectivity index (χ1) is 13.2. The summed E-state index contributed by atoms with van der Waals surface area (Å²) in [5, 5.41) is 6.69. The van der Waals surface area contributed by atoms with E-state index >= 15 is 0 Å². The van der Waals surface area contributed by atoms with Gasteiger partial charge < -0.3 is 15.4 Å².